The van der Waals surface area contributed by atoms with E-state index in [0.29, 0.717) is 21.7 Å². The van der Waals surface area contributed by atoms with Crippen molar-refractivity contribution in [3.8, 4) is 6.07 Å². The van der Waals surface area contributed by atoms with E-state index in [1.165, 1.54) is 17.5 Å². The summed E-state index contributed by atoms with van der Waals surface area (Å²) in [6.45, 7) is 4.62. The fraction of sp³-hybridized carbons (Fsp3) is 0.286. The third-order valence-corrected chi connectivity index (χ3v) is 4.04. The molecule has 2 heterocycles. The standard InChI is InChI=1S/C14H14BrN5OS/c1-9(2)8-20(19-14(21)11-4-3-5-22-11)13-10(15)7-17-12(6-16)18-13/h3-5,7,9H,8H2,1-2H3,(H,19,21). The molecule has 114 valence electrons. The lowest BCUT2D eigenvalue weighted by Crippen LogP contribution is -2.45. The van der Waals surface area contributed by atoms with Gasteiger partial charge in [0.1, 0.15) is 6.07 Å². The van der Waals surface area contributed by atoms with E-state index in [4.69, 9.17) is 5.26 Å². The van der Waals surface area contributed by atoms with Crippen molar-refractivity contribution in [1.29, 1.82) is 5.26 Å². The van der Waals surface area contributed by atoms with Crippen molar-refractivity contribution in [3.05, 3.63) is 38.9 Å². The maximum absolute atomic E-state index is 12.3. The van der Waals surface area contributed by atoms with E-state index in [2.05, 4.69) is 31.3 Å². The van der Waals surface area contributed by atoms with Gasteiger partial charge in [0.25, 0.3) is 5.91 Å². The maximum Gasteiger partial charge on any atom is 0.279 e. The Morgan fingerprint density at radius 1 is 1.59 bits per heavy atom. The molecule has 22 heavy (non-hydrogen) atoms. The fourth-order valence-corrected chi connectivity index (χ4v) is 2.76. The third-order valence-electron chi connectivity index (χ3n) is 2.61. The zero-order chi connectivity index (χ0) is 16.1. The Labute approximate surface area is 140 Å². The van der Waals surface area contributed by atoms with Crippen molar-refractivity contribution in [3.63, 3.8) is 0 Å². The lowest BCUT2D eigenvalue weighted by Gasteiger charge is -2.26. The van der Waals surface area contributed by atoms with Gasteiger partial charge >= 0.3 is 0 Å². The summed E-state index contributed by atoms with van der Waals surface area (Å²) in [7, 11) is 0. The van der Waals surface area contributed by atoms with Gasteiger partial charge in [0.2, 0.25) is 5.82 Å². The first-order chi connectivity index (χ1) is 10.5. The van der Waals surface area contributed by atoms with Crippen molar-refractivity contribution < 1.29 is 4.79 Å². The quantitative estimate of drug-likeness (QED) is 0.807. The topological polar surface area (TPSA) is 81.9 Å². The summed E-state index contributed by atoms with van der Waals surface area (Å²) < 4.78 is 0.610. The number of carbonyl (C=O) groups is 1. The second kappa shape index (κ2) is 7.33. The highest BCUT2D eigenvalue weighted by molar-refractivity contribution is 9.10. The number of nitrogens with one attached hydrogen (secondary N) is 1. The number of aromatic nitrogens is 2. The van der Waals surface area contributed by atoms with Crippen LogP contribution in [0.1, 0.15) is 29.3 Å². The molecule has 0 saturated carbocycles. The summed E-state index contributed by atoms with van der Waals surface area (Å²) >= 11 is 4.73. The van der Waals surface area contributed by atoms with E-state index < -0.39 is 0 Å². The first-order valence-corrected chi connectivity index (χ1v) is 8.23. The molecule has 1 N–H and O–H groups in total. The van der Waals surface area contributed by atoms with Crippen LogP contribution in [0, 0.1) is 17.2 Å². The Morgan fingerprint density at radius 3 is 2.95 bits per heavy atom. The molecule has 0 atom stereocenters. The number of hydrazine groups is 1. The van der Waals surface area contributed by atoms with E-state index in [9.17, 15) is 4.79 Å². The van der Waals surface area contributed by atoms with Gasteiger partial charge in [-0.2, -0.15) is 10.2 Å². The molecule has 0 saturated heterocycles. The minimum absolute atomic E-state index is 0.0531. The molecular formula is C14H14BrN5OS. The van der Waals surface area contributed by atoms with Crippen LogP contribution in [0.25, 0.3) is 0 Å². The Bertz CT molecular complexity index is 696. The molecule has 0 aliphatic carbocycles. The molecule has 0 bridgehead atoms. The van der Waals surface area contributed by atoms with Gasteiger partial charge in [-0.15, -0.1) is 11.3 Å². The minimum Gasteiger partial charge on any atom is -0.267 e. The monoisotopic (exact) mass is 379 g/mol. The number of nitriles is 1. The Morgan fingerprint density at radius 2 is 2.36 bits per heavy atom. The van der Waals surface area contributed by atoms with Crippen LogP contribution in [0.3, 0.4) is 0 Å². The molecule has 0 aromatic carbocycles. The Balaban J connectivity index is 2.30. The summed E-state index contributed by atoms with van der Waals surface area (Å²) in [5, 5.41) is 12.4. The maximum atomic E-state index is 12.3. The summed E-state index contributed by atoms with van der Waals surface area (Å²) in [6, 6.07) is 5.48. The van der Waals surface area contributed by atoms with Gasteiger partial charge in [0, 0.05) is 12.7 Å². The second-order valence-corrected chi connectivity index (χ2v) is 6.70. The predicted molar refractivity (Wildman–Crippen MR) is 88.4 cm³/mol. The molecule has 1 amide bonds. The zero-order valence-corrected chi connectivity index (χ0v) is 14.5. The van der Waals surface area contributed by atoms with Crippen LogP contribution in [0.2, 0.25) is 0 Å². The number of amides is 1. The number of anilines is 1. The molecule has 0 unspecified atom stereocenters. The van der Waals surface area contributed by atoms with Crippen LogP contribution in [0.15, 0.2) is 28.2 Å². The van der Waals surface area contributed by atoms with E-state index in [1.807, 2.05) is 31.4 Å². The normalized spacial score (nSPS) is 10.3. The van der Waals surface area contributed by atoms with Gasteiger partial charge in [-0.05, 0) is 33.3 Å². The van der Waals surface area contributed by atoms with Gasteiger partial charge in [-0.25, -0.2) is 4.98 Å². The Hall–Kier alpha value is -1.98. The molecule has 0 radical (unpaired) electrons. The van der Waals surface area contributed by atoms with Crippen molar-refractivity contribution in [2.75, 3.05) is 11.6 Å². The van der Waals surface area contributed by atoms with Gasteiger partial charge in [0.05, 0.1) is 9.35 Å². The molecule has 2 aromatic heterocycles. The predicted octanol–water partition coefficient (Wildman–Crippen LogP) is 2.98. The minimum atomic E-state index is -0.209. The molecule has 0 aliphatic rings. The fourth-order valence-electron chi connectivity index (χ4n) is 1.74. The first-order valence-electron chi connectivity index (χ1n) is 6.56. The van der Waals surface area contributed by atoms with Crippen LogP contribution in [0.5, 0.6) is 0 Å². The first kappa shape index (κ1) is 16.4. The SMILES string of the molecule is CC(C)CN(NC(=O)c1cccs1)c1nc(C#N)ncc1Br. The number of thiophene rings is 1. The summed E-state index contributed by atoms with van der Waals surface area (Å²) in [5.74, 6) is 0.596. The third kappa shape index (κ3) is 4.02. The number of halogens is 1. The largest absolute Gasteiger partial charge is 0.279 e. The smallest absolute Gasteiger partial charge is 0.267 e. The van der Waals surface area contributed by atoms with Gasteiger partial charge in [-0.3, -0.25) is 15.2 Å². The molecular weight excluding hydrogens is 366 g/mol. The summed E-state index contributed by atoms with van der Waals surface area (Å²) in [5.41, 5.74) is 2.83. The van der Waals surface area contributed by atoms with Crippen LogP contribution >= 0.6 is 27.3 Å². The molecule has 8 heteroatoms. The van der Waals surface area contributed by atoms with Crippen LogP contribution in [-0.4, -0.2) is 22.4 Å². The lowest BCUT2D eigenvalue weighted by molar-refractivity contribution is 0.0951. The van der Waals surface area contributed by atoms with Crippen molar-refractivity contribution >= 4 is 39.0 Å². The molecule has 0 fully saturated rings. The average molecular weight is 380 g/mol. The number of rotatable bonds is 5. The van der Waals surface area contributed by atoms with Crippen molar-refractivity contribution in [2.24, 2.45) is 5.92 Å². The van der Waals surface area contributed by atoms with E-state index in [-0.39, 0.29) is 17.6 Å². The summed E-state index contributed by atoms with van der Waals surface area (Å²) in [4.78, 5) is 20.9. The molecule has 6 nitrogen and oxygen atoms in total. The van der Waals surface area contributed by atoms with Gasteiger partial charge in [0.15, 0.2) is 5.82 Å². The second-order valence-electron chi connectivity index (χ2n) is 4.90. The van der Waals surface area contributed by atoms with Crippen LogP contribution in [0.4, 0.5) is 5.82 Å². The van der Waals surface area contributed by atoms with Crippen LogP contribution < -0.4 is 10.4 Å². The highest BCUT2D eigenvalue weighted by Gasteiger charge is 2.18. The Kier molecular flexibility index (Phi) is 5.46. The van der Waals surface area contributed by atoms with E-state index in [0.717, 1.165) is 0 Å². The highest BCUT2D eigenvalue weighted by Crippen LogP contribution is 2.23. The molecule has 2 rings (SSSR count). The van der Waals surface area contributed by atoms with Crippen molar-refractivity contribution in [2.45, 2.75) is 13.8 Å². The van der Waals surface area contributed by atoms with Gasteiger partial charge < -0.3 is 0 Å². The van der Waals surface area contributed by atoms with E-state index >= 15 is 0 Å². The highest BCUT2D eigenvalue weighted by atomic mass is 79.9. The lowest BCUT2D eigenvalue weighted by atomic mass is 10.2. The molecule has 0 aliphatic heterocycles. The summed E-state index contributed by atoms with van der Waals surface area (Å²) in [6.07, 6.45) is 1.51. The molecule has 2 aromatic rings. The van der Waals surface area contributed by atoms with Gasteiger partial charge in [-0.1, -0.05) is 19.9 Å². The number of hydrogen-bond acceptors (Lipinski definition) is 6. The zero-order valence-electron chi connectivity index (χ0n) is 12.1. The molecule has 0 spiro atoms. The number of carbonyl (C=O) groups excluding carboxylic acids is 1. The average Bonchev–Trinajstić information content (AvgIpc) is 3.01. The number of nitrogens with zero attached hydrogens (tertiary/aromatic N) is 4. The van der Waals surface area contributed by atoms with Crippen molar-refractivity contribution in [1.82, 2.24) is 15.4 Å². The van der Waals surface area contributed by atoms with E-state index in [1.54, 1.807) is 11.1 Å². The van der Waals surface area contributed by atoms with Crippen LogP contribution in [-0.2, 0) is 0 Å². The number of hydrogen-bond donors (Lipinski definition) is 1.